The van der Waals surface area contributed by atoms with Crippen LogP contribution >= 0.6 is 35.4 Å². The van der Waals surface area contributed by atoms with E-state index in [4.69, 9.17) is 56.1 Å². The monoisotopic (exact) mass is 381 g/mol. The van der Waals surface area contributed by atoms with Crippen molar-refractivity contribution in [2.24, 2.45) is 0 Å². The molecule has 1 unspecified atom stereocenters. The maximum Gasteiger partial charge on any atom is 0.238 e. The van der Waals surface area contributed by atoms with Gasteiger partial charge in [0, 0.05) is 6.20 Å². The molecule has 4 nitrogen and oxygen atoms in total. The van der Waals surface area contributed by atoms with Gasteiger partial charge in [-0.25, -0.2) is 4.98 Å². The minimum atomic E-state index is -0.410. The Hall–Kier alpha value is -2.00. The van der Waals surface area contributed by atoms with Gasteiger partial charge in [0.2, 0.25) is 10.9 Å². The summed E-state index contributed by atoms with van der Waals surface area (Å²) in [6.07, 6.45) is 6.16. The van der Waals surface area contributed by atoms with E-state index in [0.717, 1.165) is 0 Å². The number of nitrogens with zero attached hydrogens (tertiary/aromatic N) is 1. The van der Waals surface area contributed by atoms with Gasteiger partial charge in [0.1, 0.15) is 23.1 Å². The lowest BCUT2D eigenvalue weighted by Crippen LogP contribution is -2.24. The second-order valence-electron chi connectivity index (χ2n) is 4.59. The van der Waals surface area contributed by atoms with Crippen molar-refractivity contribution in [2.45, 2.75) is 13.0 Å². The third kappa shape index (κ3) is 5.27. The van der Waals surface area contributed by atoms with Crippen molar-refractivity contribution in [2.75, 3.05) is 6.61 Å². The molecule has 0 aliphatic rings. The van der Waals surface area contributed by atoms with Crippen LogP contribution in [-0.4, -0.2) is 22.7 Å². The highest BCUT2D eigenvalue weighted by Gasteiger charge is 2.12. The van der Waals surface area contributed by atoms with Crippen LogP contribution < -0.4 is 9.47 Å². The van der Waals surface area contributed by atoms with Gasteiger partial charge in [-0.2, -0.15) is 0 Å². The largest absolute Gasteiger partial charge is 0.482 e. The highest BCUT2D eigenvalue weighted by atomic mass is 35.5. The number of aromatic nitrogens is 1. The van der Waals surface area contributed by atoms with E-state index >= 15 is 0 Å². The number of pyridine rings is 1. The second-order valence-corrected chi connectivity index (χ2v) is 5.83. The second kappa shape index (κ2) is 8.74. The first kappa shape index (κ1) is 18.3. The van der Waals surface area contributed by atoms with Crippen LogP contribution in [0.4, 0.5) is 0 Å². The van der Waals surface area contributed by atoms with Crippen molar-refractivity contribution in [3.8, 4) is 29.7 Å². The molecule has 0 N–H and O–H groups in total. The van der Waals surface area contributed by atoms with E-state index in [2.05, 4.69) is 10.9 Å². The van der Waals surface area contributed by atoms with Gasteiger partial charge >= 0.3 is 0 Å². The molecule has 0 fully saturated rings. The summed E-state index contributed by atoms with van der Waals surface area (Å²) in [7, 11) is 0. The standard InChI is InChI=1S/C17H13Cl2NO3S/c1-3-8-21-17(24)11(2)22-13-4-6-14(7-5-13)23-16-15(19)9-12(18)10-20-16/h1,4-7,9-11H,8H2,2H3. The molecule has 0 saturated heterocycles. The van der Waals surface area contributed by atoms with Gasteiger partial charge in [-0.3, -0.25) is 0 Å². The summed E-state index contributed by atoms with van der Waals surface area (Å²) in [5.74, 6) is 3.78. The van der Waals surface area contributed by atoms with Crippen molar-refractivity contribution in [1.29, 1.82) is 0 Å². The summed E-state index contributed by atoms with van der Waals surface area (Å²) < 4.78 is 16.4. The zero-order valence-corrected chi connectivity index (χ0v) is 15.0. The minimum absolute atomic E-state index is 0.119. The first-order chi connectivity index (χ1) is 11.5. The third-order valence-electron chi connectivity index (χ3n) is 2.75. The lowest BCUT2D eigenvalue weighted by Gasteiger charge is -2.15. The van der Waals surface area contributed by atoms with Crippen LogP contribution in [0.1, 0.15) is 6.92 Å². The fourth-order valence-electron chi connectivity index (χ4n) is 1.66. The van der Waals surface area contributed by atoms with Crippen LogP contribution in [-0.2, 0) is 4.74 Å². The van der Waals surface area contributed by atoms with Gasteiger partial charge < -0.3 is 14.2 Å². The van der Waals surface area contributed by atoms with Crippen molar-refractivity contribution < 1.29 is 14.2 Å². The number of halogens is 2. The summed E-state index contributed by atoms with van der Waals surface area (Å²) in [5.41, 5.74) is 0. The van der Waals surface area contributed by atoms with Crippen molar-refractivity contribution >= 4 is 40.5 Å². The molecule has 0 amide bonds. The highest BCUT2D eigenvalue weighted by molar-refractivity contribution is 7.80. The molecular weight excluding hydrogens is 369 g/mol. The molecule has 2 aromatic rings. The van der Waals surface area contributed by atoms with Crippen LogP contribution in [0.5, 0.6) is 17.4 Å². The van der Waals surface area contributed by atoms with Gasteiger partial charge in [-0.15, -0.1) is 6.42 Å². The molecule has 0 aliphatic heterocycles. The third-order valence-corrected chi connectivity index (χ3v) is 3.68. The van der Waals surface area contributed by atoms with Crippen LogP contribution in [0, 0.1) is 12.3 Å². The van der Waals surface area contributed by atoms with Crippen LogP contribution in [0.3, 0.4) is 0 Å². The minimum Gasteiger partial charge on any atom is -0.482 e. The van der Waals surface area contributed by atoms with E-state index in [9.17, 15) is 0 Å². The summed E-state index contributed by atoms with van der Waals surface area (Å²) in [6.45, 7) is 1.90. The van der Waals surface area contributed by atoms with Gasteiger partial charge in [0.25, 0.3) is 0 Å². The SMILES string of the molecule is C#CCOC(=S)C(C)Oc1ccc(Oc2ncc(Cl)cc2Cl)cc1. The molecule has 1 aromatic heterocycles. The molecule has 2 rings (SSSR count). The van der Waals surface area contributed by atoms with Crippen LogP contribution in [0.15, 0.2) is 36.5 Å². The molecule has 1 heterocycles. The molecule has 1 atom stereocenters. The predicted molar refractivity (Wildman–Crippen MR) is 98.2 cm³/mol. The van der Waals surface area contributed by atoms with E-state index in [-0.39, 0.29) is 12.5 Å². The first-order valence-electron chi connectivity index (χ1n) is 6.85. The summed E-state index contributed by atoms with van der Waals surface area (Å²) in [4.78, 5) is 4.03. The Balaban J connectivity index is 1.98. The smallest absolute Gasteiger partial charge is 0.238 e. The van der Waals surface area contributed by atoms with Gasteiger partial charge in [0.15, 0.2) is 6.10 Å². The number of terminal acetylenes is 1. The van der Waals surface area contributed by atoms with Crippen LogP contribution in [0.2, 0.25) is 10.0 Å². The number of ether oxygens (including phenoxy) is 3. The van der Waals surface area contributed by atoms with Gasteiger partial charge in [-0.1, -0.05) is 29.1 Å². The predicted octanol–water partition coefficient (Wildman–Crippen LogP) is 4.93. The maximum absolute atomic E-state index is 6.02. The number of hydrogen-bond acceptors (Lipinski definition) is 5. The van der Waals surface area contributed by atoms with E-state index in [1.165, 1.54) is 6.20 Å². The normalized spacial score (nSPS) is 11.2. The molecule has 0 bridgehead atoms. The van der Waals surface area contributed by atoms with E-state index in [1.54, 1.807) is 37.3 Å². The van der Waals surface area contributed by atoms with Crippen molar-refractivity contribution in [3.05, 3.63) is 46.6 Å². The molecule has 24 heavy (non-hydrogen) atoms. The van der Waals surface area contributed by atoms with E-state index in [0.29, 0.717) is 26.6 Å². The fourth-order valence-corrected chi connectivity index (χ4v) is 2.18. The molecule has 0 spiro atoms. The Morgan fingerprint density at radius 2 is 1.96 bits per heavy atom. The summed E-state index contributed by atoms with van der Waals surface area (Å²) in [6, 6.07) is 8.47. The lowest BCUT2D eigenvalue weighted by molar-refractivity contribution is 0.238. The maximum atomic E-state index is 6.02. The Morgan fingerprint density at radius 3 is 2.58 bits per heavy atom. The zero-order chi connectivity index (χ0) is 17.5. The topological polar surface area (TPSA) is 40.6 Å². The quantitative estimate of drug-likeness (QED) is 0.524. The van der Waals surface area contributed by atoms with Crippen molar-refractivity contribution in [1.82, 2.24) is 4.98 Å². The average molecular weight is 382 g/mol. The Morgan fingerprint density at radius 1 is 1.29 bits per heavy atom. The number of hydrogen-bond donors (Lipinski definition) is 0. The number of thiocarbonyl (C=S) groups is 1. The molecule has 124 valence electrons. The fraction of sp³-hybridized carbons (Fsp3) is 0.176. The van der Waals surface area contributed by atoms with E-state index < -0.39 is 6.10 Å². The Labute approximate surface area is 155 Å². The molecule has 0 radical (unpaired) electrons. The average Bonchev–Trinajstić information content (AvgIpc) is 2.56. The highest BCUT2D eigenvalue weighted by Crippen LogP contribution is 2.30. The molecule has 0 saturated carbocycles. The summed E-state index contributed by atoms with van der Waals surface area (Å²) in [5, 5.41) is 1.06. The molecular formula is C17H13Cl2NO3S. The molecule has 1 aromatic carbocycles. The lowest BCUT2D eigenvalue weighted by atomic mass is 10.3. The Bertz CT molecular complexity index is 759. The molecule has 7 heteroatoms. The van der Waals surface area contributed by atoms with E-state index in [1.807, 2.05) is 0 Å². The first-order valence-corrected chi connectivity index (χ1v) is 8.01. The van der Waals surface area contributed by atoms with Crippen molar-refractivity contribution in [3.63, 3.8) is 0 Å². The number of rotatable bonds is 6. The Kier molecular flexibility index (Phi) is 6.68. The number of benzene rings is 1. The van der Waals surface area contributed by atoms with Gasteiger partial charge in [0.05, 0.1) is 5.02 Å². The molecule has 0 aliphatic carbocycles. The summed E-state index contributed by atoms with van der Waals surface area (Å²) >= 11 is 16.9. The van der Waals surface area contributed by atoms with Gasteiger partial charge in [-0.05, 0) is 49.5 Å². The van der Waals surface area contributed by atoms with Crippen LogP contribution in [0.25, 0.3) is 0 Å². The zero-order valence-electron chi connectivity index (χ0n) is 12.7.